The number of hydrogen-bond acceptors (Lipinski definition) is 5. The highest BCUT2D eigenvalue weighted by Crippen LogP contribution is 2.49. The second-order valence-electron chi connectivity index (χ2n) is 9.82. The van der Waals surface area contributed by atoms with Crippen LogP contribution in [0.15, 0.2) is 42.9 Å². The summed E-state index contributed by atoms with van der Waals surface area (Å²) < 4.78 is 0. The number of rotatable bonds is 4. The molecule has 0 unspecified atom stereocenters. The van der Waals surface area contributed by atoms with Crippen molar-refractivity contribution in [2.24, 2.45) is 5.41 Å². The van der Waals surface area contributed by atoms with Crippen molar-refractivity contribution in [3.63, 3.8) is 0 Å². The Hall–Kier alpha value is -2.64. The van der Waals surface area contributed by atoms with Crippen LogP contribution in [0.2, 0.25) is 5.02 Å². The molecule has 2 aromatic heterocycles. The van der Waals surface area contributed by atoms with E-state index in [1.54, 1.807) is 6.33 Å². The molecule has 33 heavy (non-hydrogen) atoms. The Morgan fingerprint density at radius 3 is 2.58 bits per heavy atom. The third-order valence-electron chi connectivity index (χ3n) is 7.93. The Labute approximate surface area is 198 Å². The van der Waals surface area contributed by atoms with E-state index in [1.807, 2.05) is 41.4 Å². The van der Waals surface area contributed by atoms with Gasteiger partial charge >= 0.3 is 0 Å². The van der Waals surface area contributed by atoms with E-state index >= 15 is 0 Å². The van der Waals surface area contributed by atoms with E-state index in [0.717, 1.165) is 48.5 Å². The quantitative estimate of drug-likeness (QED) is 0.617. The average Bonchev–Trinajstić information content (AvgIpc) is 3.48. The summed E-state index contributed by atoms with van der Waals surface area (Å²) in [4.78, 5) is 30.2. The van der Waals surface area contributed by atoms with Crippen molar-refractivity contribution < 1.29 is 4.79 Å². The molecule has 3 fully saturated rings. The molecule has 0 radical (unpaired) electrons. The van der Waals surface area contributed by atoms with Gasteiger partial charge in [0.1, 0.15) is 17.8 Å². The zero-order valence-corrected chi connectivity index (χ0v) is 19.4. The minimum absolute atomic E-state index is 0.177. The van der Waals surface area contributed by atoms with Gasteiger partial charge in [-0.15, -0.1) is 0 Å². The molecule has 6 rings (SSSR count). The lowest BCUT2D eigenvalue weighted by atomic mass is 9.66. The first-order valence-corrected chi connectivity index (χ1v) is 12.3. The Morgan fingerprint density at radius 1 is 1.09 bits per heavy atom. The number of halogens is 1. The van der Waals surface area contributed by atoms with E-state index in [-0.39, 0.29) is 17.9 Å². The number of nitrogens with one attached hydrogen (secondary N) is 2. The molecule has 3 aliphatic rings. The van der Waals surface area contributed by atoms with E-state index < -0.39 is 0 Å². The van der Waals surface area contributed by atoms with Crippen LogP contribution in [0.5, 0.6) is 0 Å². The third-order valence-corrected chi connectivity index (χ3v) is 8.18. The van der Waals surface area contributed by atoms with Crippen LogP contribution < -0.4 is 10.2 Å². The maximum atomic E-state index is 13.9. The number of benzene rings is 1. The molecule has 1 spiro atoms. The highest BCUT2D eigenvalue weighted by atomic mass is 35.5. The highest BCUT2D eigenvalue weighted by molar-refractivity contribution is 6.30. The molecule has 0 bridgehead atoms. The van der Waals surface area contributed by atoms with Gasteiger partial charge in [-0.25, -0.2) is 9.97 Å². The third kappa shape index (κ3) is 3.77. The first kappa shape index (κ1) is 20.9. The lowest BCUT2D eigenvalue weighted by Gasteiger charge is -2.39. The minimum Gasteiger partial charge on any atom is -0.352 e. The molecule has 1 aromatic carbocycles. The summed E-state index contributed by atoms with van der Waals surface area (Å²) in [5, 5.41) is 5.45. The van der Waals surface area contributed by atoms with Gasteiger partial charge in [0, 0.05) is 50.0 Å². The first-order chi connectivity index (χ1) is 16.1. The molecule has 1 amide bonds. The van der Waals surface area contributed by atoms with E-state index in [9.17, 15) is 4.79 Å². The maximum Gasteiger partial charge on any atom is 0.231 e. The molecule has 2 saturated heterocycles. The first-order valence-electron chi connectivity index (χ1n) is 11.9. The number of H-pyrrole nitrogens is 1. The normalized spacial score (nSPS) is 23.1. The molecule has 2 atom stereocenters. The summed E-state index contributed by atoms with van der Waals surface area (Å²) in [6.07, 6.45) is 8.45. The molecule has 4 heterocycles. The standard InChI is InChI=1S/C25H29ClN6O/c26-18-4-2-17(3-5-18)21(20-14-25(15-28-20)7-1-8-25)24(33)32-12-10-31(11-13-32)23-19-6-9-27-22(19)29-16-30-23/h2-6,9,16,20-21,28H,1,7-8,10-15H2,(H,27,29,30)/t20-,21-/m0/s1. The van der Waals surface area contributed by atoms with Crippen LogP contribution in [-0.4, -0.2) is 64.5 Å². The van der Waals surface area contributed by atoms with E-state index in [2.05, 4.69) is 25.2 Å². The Bertz CT molecular complexity index is 1150. The fraction of sp³-hybridized carbons (Fsp3) is 0.480. The van der Waals surface area contributed by atoms with Gasteiger partial charge in [-0.3, -0.25) is 4.79 Å². The number of aromatic nitrogens is 3. The SMILES string of the molecule is O=C([C@@H](c1ccc(Cl)cc1)[C@@H]1CC2(CCC2)CN1)N1CCN(c2ncnc3[nH]ccc23)CC1. The van der Waals surface area contributed by atoms with Crippen molar-refractivity contribution in [2.45, 2.75) is 37.6 Å². The van der Waals surface area contributed by atoms with Crippen molar-refractivity contribution in [3.8, 4) is 0 Å². The Morgan fingerprint density at radius 2 is 1.88 bits per heavy atom. The van der Waals surface area contributed by atoms with Crippen molar-refractivity contribution in [1.82, 2.24) is 25.2 Å². The van der Waals surface area contributed by atoms with Gasteiger partial charge in [0.15, 0.2) is 0 Å². The predicted molar refractivity (Wildman–Crippen MR) is 130 cm³/mol. The highest BCUT2D eigenvalue weighted by Gasteiger charge is 2.47. The average molecular weight is 465 g/mol. The van der Waals surface area contributed by atoms with Crippen LogP contribution in [0, 0.1) is 5.41 Å². The summed E-state index contributed by atoms with van der Waals surface area (Å²) >= 11 is 6.16. The Balaban J connectivity index is 1.21. The molecule has 3 aromatic rings. The zero-order chi connectivity index (χ0) is 22.4. The number of anilines is 1. The molecular formula is C25H29ClN6O. The lowest BCUT2D eigenvalue weighted by molar-refractivity contribution is -0.133. The van der Waals surface area contributed by atoms with Crippen LogP contribution in [0.1, 0.15) is 37.2 Å². The van der Waals surface area contributed by atoms with Crippen LogP contribution in [-0.2, 0) is 4.79 Å². The molecule has 1 aliphatic carbocycles. The minimum atomic E-state index is -0.177. The molecule has 2 N–H and O–H groups in total. The summed E-state index contributed by atoms with van der Waals surface area (Å²) in [6.45, 7) is 3.94. The van der Waals surface area contributed by atoms with Crippen LogP contribution >= 0.6 is 11.6 Å². The van der Waals surface area contributed by atoms with Gasteiger partial charge in [-0.1, -0.05) is 30.2 Å². The van der Waals surface area contributed by atoms with Crippen LogP contribution in [0.25, 0.3) is 11.0 Å². The largest absolute Gasteiger partial charge is 0.352 e. The van der Waals surface area contributed by atoms with Crippen molar-refractivity contribution in [1.29, 1.82) is 0 Å². The van der Waals surface area contributed by atoms with Crippen molar-refractivity contribution in [3.05, 3.63) is 53.4 Å². The van der Waals surface area contributed by atoms with Gasteiger partial charge in [0.2, 0.25) is 5.91 Å². The second kappa shape index (κ2) is 8.29. The summed E-state index contributed by atoms with van der Waals surface area (Å²) in [6, 6.07) is 10.1. The molecular weight excluding hydrogens is 436 g/mol. The van der Waals surface area contributed by atoms with E-state index in [4.69, 9.17) is 11.6 Å². The number of fused-ring (bicyclic) bond motifs is 1. The van der Waals surface area contributed by atoms with E-state index in [1.165, 1.54) is 19.3 Å². The Kier molecular flexibility index (Phi) is 5.26. The monoisotopic (exact) mass is 464 g/mol. The number of piperazine rings is 1. The number of hydrogen-bond donors (Lipinski definition) is 2. The smallest absolute Gasteiger partial charge is 0.231 e. The lowest BCUT2D eigenvalue weighted by Crippen LogP contribution is -2.52. The number of aromatic amines is 1. The summed E-state index contributed by atoms with van der Waals surface area (Å²) in [5.41, 5.74) is 2.31. The number of carbonyl (C=O) groups is 1. The fourth-order valence-corrected chi connectivity index (χ4v) is 6.04. The zero-order valence-electron chi connectivity index (χ0n) is 18.6. The van der Waals surface area contributed by atoms with Crippen molar-refractivity contribution in [2.75, 3.05) is 37.6 Å². The van der Waals surface area contributed by atoms with Gasteiger partial charge in [0.05, 0.1) is 11.3 Å². The molecule has 172 valence electrons. The molecule has 1 saturated carbocycles. The molecule has 8 heteroatoms. The fourth-order valence-electron chi connectivity index (χ4n) is 5.91. The number of amides is 1. The topological polar surface area (TPSA) is 77.2 Å². The van der Waals surface area contributed by atoms with Crippen molar-refractivity contribution >= 4 is 34.4 Å². The van der Waals surface area contributed by atoms with Crippen LogP contribution in [0.3, 0.4) is 0 Å². The van der Waals surface area contributed by atoms with Gasteiger partial charge < -0.3 is 20.1 Å². The molecule has 7 nitrogen and oxygen atoms in total. The van der Waals surface area contributed by atoms with E-state index in [0.29, 0.717) is 23.5 Å². The van der Waals surface area contributed by atoms with Gasteiger partial charge in [-0.2, -0.15) is 0 Å². The molecule has 2 aliphatic heterocycles. The van der Waals surface area contributed by atoms with Crippen LogP contribution in [0.4, 0.5) is 5.82 Å². The summed E-state index contributed by atoms with van der Waals surface area (Å²) in [5.74, 6) is 0.983. The summed E-state index contributed by atoms with van der Waals surface area (Å²) in [7, 11) is 0. The van der Waals surface area contributed by atoms with Gasteiger partial charge in [0.25, 0.3) is 0 Å². The van der Waals surface area contributed by atoms with Gasteiger partial charge in [-0.05, 0) is 48.4 Å². The predicted octanol–water partition coefficient (Wildman–Crippen LogP) is 3.58. The number of nitrogens with zero attached hydrogens (tertiary/aromatic N) is 4. The number of carbonyl (C=O) groups excluding carboxylic acids is 1. The second-order valence-corrected chi connectivity index (χ2v) is 10.3. The maximum absolute atomic E-state index is 13.9.